The van der Waals surface area contributed by atoms with Crippen molar-refractivity contribution in [3.8, 4) is 0 Å². The summed E-state index contributed by atoms with van der Waals surface area (Å²) in [5, 5.41) is 177. The third-order valence-corrected chi connectivity index (χ3v) is 0. The normalized spacial score (nSPS) is 4.80. The maximum atomic E-state index is 8.64. The molecule has 0 aliphatic heterocycles. The van der Waals surface area contributed by atoms with Gasteiger partial charge in [-0.2, -0.15) is 0 Å². The Morgan fingerprint density at radius 2 is 0.244 bits per heavy atom. The number of hydrogen-bond donors (Lipinski definition) is 20. The standard InChI is InChI=1S/6BH3O3.BH2O3.BO3.2K.10H2O.Sr/c8*2-1(3)4;;;;;;;;;;;;;/h6*2-4H;2-3H;;;;10*1H2;/q;;;;;;-1;-3;2*+1;;;;;;;;;;;+2. The fraction of sp³-hybridized carbons (Fsp3) is 0. The van der Waals surface area contributed by atoms with E-state index in [2.05, 4.69) is 0 Å². The molecule has 0 bridgehead atoms. The van der Waals surface area contributed by atoms with Crippen LogP contribution in [0.2, 0.25) is 0 Å². The van der Waals surface area contributed by atoms with Crippen molar-refractivity contribution in [3.63, 3.8) is 0 Å². The van der Waals surface area contributed by atoms with Crippen molar-refractivity contribution in [1.29, 1.82) is 0 Å². The van der Waals surface area contributed by atoms with Crippen LogP contribution < -0.4 is 123 Å². The summed E-state index contributed by atoms with van der Waals surface area (Å²) < 4.78 is 0. The molecule has 0 aromatic rings. The van der Waals surface area contributed by atoms with E-state index in [4.69, 9.17) is 121 Å². The molecule has 0 spiro atoms. The van der Waals surface area contributed by atoms with Crippen LogP contribution in [0, 0.1) is 0 Å². The van der Waals surface area contributed by atoms with E-state index in [1.54, 1.807) is 0 Å². The summed E-state index contributed by atoms with van der Waals surface area (Å²) >= 11 is 0. The van der Waals surface area contributed by atoms with Crippen molar-refractivity contribution >= 4 is 104 Å². The van der Waals surface area contributed by atoms with Crippen molar-refractivity contribution in [2.75, 3.05) is 0 Å². The van der Waals surface area contributed by atoms with Gasteiger partial charge in [0.15, 0.2) is 0 Å². The minimum absolute atomic E-state index is 0. The summed E-state index contributed by atoms with van der Waals surface area (Å²) in [7, 11) is -18.3. The van der Waals surface area contributed by atoms with E-state index in [0.29, 0.717) is 0 Å². The zero-order valence-corrected chi connectivity index (χ0v) is 32.6. The third kappa shape index (κ3) is 6600. The molecule has 0 saturated heterocycles. The third-order valence-electron chi connectivity index (χ3n) is 0. The first-order valence-corrected chi connectivity index (χ1v) is 6.11. The molecule has 0 fully saturated rings. The molecule has 45 heavy (non-hydrogen) atoms. The van der Waals surface area contributed by atoms with Gasteiger partial charge < -0.3 is 175 Å². The largest absolute Gasteiger partial charge is 2.00 e. The molecule has 40 N–H and O–H groups in total. The second-order valence-electron chi connectivity index (χ2n) is 2.69. The molecular formula is H40B8K2O34Sr. The van der Waals surface area contributed by atoms with Gasteiger partial charge in [-0.25, -0.2) is 0 Å². The first-order chi connectivity index (χ1) is 13.9. The van der Waals surface area contributed by atoms with E-state index in [9.17, 15) is 0 Å². The van der Waals surface area contributed by atoms with Gasteiger partial charge in [-0.15, -0.1) is 0 Å². The minimum atomic E-state index is -2.92. The molecule has 0 saturated carbocycles. The average molecular weight is 837 g/mol. The topological polar surface area (TPSA) is 812 Å². The molecule has 0 heterocycles. The monoisotopic (exact) mass is 838 g/mol. The molecular weight excluding hydrogens is 796 g/mol. The summed E-state index contributed by atoms with van der Waals surface area (Å²) in [5.41, 5.74) is 0. The Balaban J connectivity index is -0.00000000739. The van der Waals surface area contributed by atoms with Gasteiger partial charge in [0.1, 0.15) is 0 Å². The SMILES string of the molecule is O.O.O.O.O.O.O.O.O.O.OB(O)O.OB(O)O.OB(O)O.OB(O)O.OB(O)O.OB(O)O.[K+].[K+].[O-]B(O)O.[O-]B([O-])[O-].[Sr+2]. The van der Waals surface area contributed by atoms with Crippen molar-refractivity contribution in [1.82, 2.24) is 0 Å². The summed E-state index contributed by atoms with van der Waals surface area (Å²) in [6.45, 7) is 0. The van der Waals surface area contributed by atoms with Crippen LogP contribution in [0.3, 0.4) is 0 Å². The van der Waals surface area contributed by atoms with Gasteiger partial charge in [-0.05, 0) is 0 Å². The molecule has 0 unspecified atom stereocenters. The summed E-state index contributed by atoms with van der Waals surface area (Å²) in [4.78, 5) is 0. The Morgan fingerprint density at radius 3 is 0.244 bits per heavy atom. The smallest absolute Gasteiger partial charge is 0.907 e. The predicted octanol–water partition coefficient (Wildman–Crippen LogP) is -33.6. The van der Waals surface area contributed by atoms with Gasteiger partial charge in [-0.3, -0.25) is 7.32 Å². The second kappa shape index (κ2) is 135. The number of rotatable bonds is 0. The van der Waals surface area contributed by atoms with Crippen LogP contribution in [0.25, 0.3) is 0 Å². The molecule has 0 atom stereocenters. The van der Waals surface area contributed by atoms with Crippen molar-refractivity contribution < 1.29 is 278 Å². The van der Waals surface area contributed by atoms with Crippen molar-refractivity contribution in [2.45, 2.75) is 0 Å². The molecule has 34 nitrogen and oxygen atoms in total. The van der Waals surface area contributed by atoms with Gasteiger partial charge >= 0.3 is 199 Å². The summed E-state index contributed by atoms with van der Waals surface area (Å²) in [5.74, 6) is 0. The van der Waals surface area contributed by atoms with Gasteiger partial charge in [0.05, 0.1) is 0 Å². The van der Waals surface area contributed by atoms with Gasteiger partial charge in [0, 0.05) is 0 Å². The molecule has 0 aliphatic rings. The zero-order chi connectivity index (χ0) is 28.6. The summed E-state index contributed by atoms with van der Waals surface area (Å²) in [6, 6.07) is 0. The quantitative estimate of drug-likeness (QED) is 0.101. The van der Waals surface area contributed by atoms with Crippen molar-refractivity contribution in [3.05, 3.63) is 0 Å². The van der Waals surface area contributed by atoms with E-state index >= 15 is 0 Å². The van der Waals surface area contributed by atoms with E-state index in [1.807, 2.05) is 0 Å². The molecule has 0 radical (unpaired) electrons. The molecule has 45 heteroatoms. The zero-order valence-electron chi connectivity index (χ0n) is 22.9. The van der Waals surface area contributed by atoms with E-state index in [-0.39, 0.29) is 203 Å². The Labute approximate surface area is 376 Å². The molecule has 0 amide bonds. The predicted molar refractivity (Wildman–Crippen MR) is 132 cm³/mol. The average Bonchev–Trinajstić information content (AvgIpc) is 2.30. The fourth-order valence-corrected chi connectivity index (χ4v) is 0. The molecule has 0 aliphatic carbocycles. The van der Waals surface area contributed by atoms with E-state index in [1.165, 1.54) is 0 Å². The first-order valence-electron chi connectivity index (χ1n) is 6.11. The van der Waals surface area contributed by atoms with E-state index in [0.717, 1.165) is 0 Å². The number of hydrogen-bond acceptors (Lipinski definition) is 24. The van der Waals surface area contributed by atoms with Crippen LogP contribution in [-0.2, 0) is 0 Å². The van der Waals surface area contributed by atoms with Gasteiger partial charge in [0.25, 0.3) is 0 Å². The Bertz CT molecular complexity index is 158. The molecule has 0 rings (SSSR count). The maximum Gasteiger partial charge on any atom is 2.00 e. The first kappa shape index (κ1) is 144. The summed E-state index contributed by atoms with van der Waals surface area (Å²) in [6.07, 6.45) is 0. The van der Waals surface area contributed by atoms with Crippen LogP contribution in [0.4, 0.5) is 0 Å². The molecule has 0 aromatic heterocycles. The van der Waals surface area contributed by atoms with Crippen LogP contribution in [0.15, 0.2) is 0 Å². The van der Waals surface area contributed by atoms with Crippen LogP contribution in [0.5, 0.6) is 0 Å². The fourth-order valence-electron chi connectivity index (χ4n) is 0. The van der Waals surface area contributed by atoms with E-state index < -0.39 is 58.6 Å². The van der Waals surface area contributed by atoms with Gasteiger partial charge in [-0.1, -0.05) is 0 Å². The van der Waals surface area contributed by atoms with Crippen LogP contribution in [-0.4, -0.2) is 259 Å². The Kier molecular flexibility index (Phi) is 433. The second-order valence-corrected chi connectivity index (χ2v) is 2.69. The van der Waals surface area contributed by atoms with Crippen molar-refractivity contribution in [2.24, 2.45) is 0 Å². The molecule has 272 valence electrons. The Morgan fingerprint density at radius 1 is 0.244 bits per heavy atom. The molecule has 0 aromatic carbocycles. The van der Waals surface area contributed by atoms with Crippen LogP contribution in [0.1, 0.15) is 0 Å². The van der Waals surface area contributed by atoms with Gasteiger partial charge in [0.2, 0.25) is 0 Å². The van der Waals surface area contributed by atoms with Crippen LogP contribution >= 0.6 is 0 Å². The minimum Gasteiger partial charge on any atom is -0.907 e. The maximum absolute atomic E-state index is 8.64. The Hall–Kier alpha value is 3.91.